The summed E-state index contributed by atoms with van der Waals surface area (Å²) in [5.41, 5.74) is 3.10. The maximum absolute atomic E-state index is 13.6. The molecule has 1 heterocycles. The molecule has 2 rings (SSSR count). The maximum Gasteiger partial charge on any atom is 0.186 e. The van der Waals surface area contributed by atoms with Crippen molar-refractivity contribution < 1.29 is 14.0 Å². The Labute approximate surface area is 149 Å². The van der Waals surface area contributed by atoms with E-state index in [2.05, 4.69) is 31.8 Å². The minimum absolute atomic E-state index is 0.336. The summed E-state index contributed by atoms with van der Waals surface area (Å²) in [6, 6.07) is 4.80. The molecule has 0 spiro atoms. The second-order valence-electron chi connectivity index (χ2n) is 5.26. The van der Waals surface area contributed by atoms with Crippen molar-refractivity contribution in [3.8, 4) is 0 Å². The molecule has 8 heteroatoms. The highest BCUT2D eigenvalue weighted by Crippen LogP contribution is 2.13. The lowest BCUT2D eigenvalue weighted by atomic mass is 10.2. The molecule has 23 heavy (non-hydrogen) atoms. The summed E-state index contributed by atoms with van der Waals surface area (Å²) in [6.45, 7) is 5.75. The Balaban J connectivity index is 1.61. The molecule has 3 N–H and O–H groups in total. The van der Waals surface area contributed by atoms with Gasteiger partial charge in [0.15, 0.2) is 5.11 Å². The van der Waals surface area contributed by atoms with E-state index in [1.54, 1.807) is 17.0 Å². The third-order valence-electron chi connectivity index (χ3n) is 3.52. The van der Waals surface area contributed by atoms with Gasteiger partial charge >= 0.3 is 0 Å². The van der Waals surface area contributed by atoms with Crippen LogP contribution in [-0.2, 0) is 4.74 Å². The van der Waals surface area contributed by atoms with Gasteiger partial charge in [-0.1, -0.05) is 15.9 Å². The summed E-state index contributed by atoms with van der Waals surface area (Å²) < 4.78 is 19.6. The van der Waals surface area contributed by atoms with E-state index < -0.39 is 0 Å². The molecule has 0 aliphatic carbocycles. The van der Waals surface area contributed by atoms with Crippen molar-refractivity contribution in [2.24, 2.45) is 5.10 Å². The number of hydrogen-bond acceptors (Lipinski definition) is 3. The Bertz CT molecular complexity index is 552. The molecule has 126 valence electrons. The number of morpholine rings is 1. The Morgan fingerprint density at radius 1 is 1.43 bits per heavy atom. The first-order valence-electron chi connectivity index (χ1n) is 7.58. The molecule has 0 radical (unpaired) electrons. The molecule has 0 amide bonds. The van der Waals surface area contributed by atoms with Gasteiger partial charge < -0.3 is 15.0 Å². The molecule has 1 aliphatic heterocycles. The first-order chi connectivity index (χ1) is 11.1. The van der Waals surface area contributed by atoms with E-state index in [-0.39, 0.29) is 5.82 Å². The summed E-state index contributed by atoms with van der Waals surface area (Å²) in [4.78, 5) is 1.57. The van der Waals surface area contributed by atoms with Gasteiger partial charge in [-0.25, -0.2) is 4.39 Å². The van der Waals surface area contributed by atoms with Crippen LogP contribution in [0.5, 0.6) is 0 Å². The zero-order valence-corrected chi connectivity index (χ0v) is 15.2. The molecule has 1 aromatic carbocycles. The van der Waals surface area contributed by atoms with Crippen molar-refractivity contribution in [1.82, 2.24) is 10.7 Å². The highest BCUT2D eigenvalue weighted by molar-refractivity contribution is 9.10. The average molecular weight is 404 g/mol. The molecule has 1 aromatic rings. The lowest BCUT2D eigenvalue weighted by molar-refractivity contribution is -0.908. The monoisotopic (exact) mass is 403 g/mol. The first kappa shape index (κ1) is 18.3. The molecule has 0 unspecified atom stereocenters. The van der Waals surface area contributed by atoms with Crippen LogP contribution in [0.1, 0.15) is 12.0 Å². The van der Waals surface area contributed by atoms with E-state index in [1.165, 1.54) is 12.3 Å². The van der Waals surface area contributed by atoms with E-state index in [9.17, 15) is 4.39 Å². The fourth-order valence-electron chi connectivity index (χ4n) is 2.26. The Morgan fingerprint density at radius 3 is 2.96 bits per heavy atom. The normalized spacial score (nSPS) is 15.7. The van der Waals surface area contributed by atoms with E-state index in [1.807, 2.05) is 0 Å². The summed E-state index contributed by atoms with van der Waals surface area (Å²) in [5.74, 6) is -0.336. The van der Waals surface area contributed by atoms with Gasteiger partial charge in [-0.15, -0.1) is 0 Å². The van der Waals surface area contributed by atoms with Crippen LogP contribution in [0.25, 0.3) is 0 Å². The second-order valence-corrected chi connectivity index (χ2v) is 6.58. The number of hydrogen-bond donors (Lipinski definition) is 3. The number of halogens is 2. The van der Waals surface area contributed by atoms with Crippen molar-refractivity contribution in [3.63, 3.8) is 0 Å². The molecule has 0 atom stereocenters. The first-order valence-corrected chi connectivity index (χ1v) is 8.78. The smallest absolute Gasteiger partial charge is 0.186 e. The number of ether oxygens (including phenoxy) is 1. The van der Waals surface area contributed by atoms with Gasteiger partial charge in [-0.2, -0.15) is 5.10 Å². The predicted octanol–water partition coefficient (Wildman–Crippen LogP) is 0.691. The maximum atomic E-state index is 13.6. The predicted molar refractivity (Wildman–Crippen MR) is 96.4 cm³/mol. The summed E-state index contributed by atoms with van der Waals surface area (Å²) in [6.07, 6.45) is 2.44. The zero-order chi connectivity index (χ0) is 16.5. The summed E-state index contributed by atoms with van der Waals surface area (Å²) in [5, 5.41) is 7.48. The van der Waals surface area contributed by atoms with E-state index in [0.717, 1.165) is 45.8 Å². The van der Waals surface area contributed by atoms with Gasteiger partial charge in [-0.05, 0) is 30.4 Å². The fraction of sp³-hybridized carbons (Fsp3) is 0.467. The SMILES string of the molecule is Fc1cc(Br)ccc1/C=N\NC(=S)NCCC[NH+]1CCOCC1. The zero-order valence-electron chi connectivity index (χ0n) is 12.8. The molecule has 0 aromatic heterocycles. The van der Waals surface area contributed by atoms with Crippen LogP contribution in [0.2, 0.25) is 0 Å². The largest absolute Gasteiger partial charge is 0.370 e. The van der Waals surface area contributed by atoms with Crippen LogP contribution < -0.4 is 15.6 Å². The van der Waals surface area contributed by atoms with E-state index in [0.29, 0.717) is 15.1 Å². The van der Waals surface area contributed by atoms with Crippen LogP contribution in [-0.4, -0.2) is 50.7 Å². The van der Waals surface area contributed by atoms with Crippen LogP contribution in [0.4, 0.5) is 4.39 Å². The number of quaternary nitrogens is 1. The lowest BCUT2D eigenvalue weighted by Gasteiger charge is -2.23. The quantitative estimate of drug-likeness (QED) is 0.283. The van der Waals surface area contributed by atoms with Crippen molar-refractivity contribution in [2.75, 3.05) is 39.4 Å². The third-order valence-corrected chi connectivity index (χ3v) is 4.25. The van der Waals surface area contributed by atoms with Gasteiger partial charge in [0, 0.05) is 23.0 Å². The van der Waals surface area contributed by atoms with E-state index in [4.69, 9.17) is 17.0 Å². The number of nitrogens with zero attached hydrogens (tertiary/aromatic N) is 1. The van der Waals surface area contributed by atoms with Gasteiger partial charge in [0.25, 0.3) is 0 Å². The Kier molecular flexibility index (Phi) is 7.87. The molecule has 1 aliphatic rings. The minimum Gasteiger partial charge on any atom is -0.370 e. The molecule has 1 saturated heterocycles. The lowest BCUT2D eigenvalue weighted by Crippen LogP contribution is -3.14. The number of rotatable bonds is 6. The summed E-state index contributed by atoms with van der Waals surface area (Å²) >= 11 is 8.34. The average Bonchev–Trinajstić information content (AvgIpc) is 2.55. The standard InChI is InChI=1S/C15H20BrFN4OS/c16-13-3-2-12(14(17)10-13)11-19-20-15(23)18-4-1-5-21-6-8-22-9-7-21/h2-3,10-11H,1,4-9H2,(H2,18,20,23)/p+1/b19-11-. The van der Waals surface area contributed by atoms with Crippen molar-refractivity contribution >= 4 is 39.5 Å². The van der Waals surface area contributed by atoms with Crippen LogP contribution in [0, 0.1) is 5.82 Å². The molecule has 0 saturated carbocycles. The van der Waals surface area contributed by atoms with Gasteiger partial charge in [0.05, 0.1) is 26.0 Å². The molecule has 5 nitrogen and oxygen atoms in total. The highest BCUT2D eigenvalue weighted by Gasteiger charge is 2.12. The van der Waals surface area contributed by atoms with Crippen LogP contribution >= 0.6 is 28.1 Å². The van der Waals surface area contributed by atoms with Gasteiger partial charge in [0.1, 0.15) is 18.9 Å². The number of hydrazone groups is 1. The molecular formula is C15H21BrFN4OS+. The molecular weight excluding hydrogens is 383 g/mol. The van der Waals surface area contributed by atoms with Crippen molar-refractivity contribution in [3.05, 3.63) is 34.1 Å². The number of benzene rings is 1. The van der Waals surface area contributed by atoms with Crippen LogP contribution in [0.15, 0.2) is 27.8 Å². The Hall–Kier alpha value is -1.09. The minimum atomic E-state index is -0.336. The van der Waals surface area contributed by atoms with Crippen LogP contribution in [0.3, 0.4) is 0 Å². The van der Waals surface area contributed by atoms with Crippen molar-refractivity contribution in [2.45, 2.75) is 6.42 Å². The Morgan fingerprint density at radius 2 is 2.22 bits per heavy atom. The topological polar surface area (TPSA) is 50.1 Å². The second kappa shape index (κ2) is 9.92. The number of thiocarbonyl (C=S) groups is 1. The fourth-order valence-corrected chi connectivity index (χ4v) is 2.74. The highest BCUT2D eigenvalue weighted by atomic mass is 79.9. The van der Waals surface area contributed by atoms with Gasteiger partial charge in [-0.3, -0.25) is 5.43 Å². The molecule has 1 fully saturated rings. The molecule has 0 bridgehead atoms. The van der Waals surface area contributed by atoms with Crippen molar-refractivity contribution in [1.29, 1.82) is 0 Å². The number of nitrogens with one attached hydrogen (secondary N) is 3. The third kappa shape index (κ3) is 6.90. The summed E-state index contributed by atoms with van der Waals surface area (Å²) in [7, 11) is 0. The van der Waals surface area contributed by atoms with Gasteiger partial charge in [0.2, 0.25) is 0 Å². The van der Waals surface area contributed by atoms with E-state index >= 15 is 0 Å².